The van der Waals surface area contributed by atoms with Gasteiger partial charge in [0, 0.05) is 32.3 Å². The Labute approximate surface area is 136 Å². The molecule has 8 heteroatoms. The number of non-ortho nitro benzene ring substituents is 1. The quantitative estimate of drug-likeness (QED) is 0.451. The molecule has 0 aromatic heterocycles. The molecule has 1 amide bonds. The molecule has 0 fully saturated rings. The molecule has 108 valence electrons. The smallest absolute Gasteiger partial charge is 0.271 e. The number of halogens is 2. The minimum Gasteiger partial charge on any atom is -0.398 e. The van der Waals surface area contributed by atoms with Crippen molar-refractivity contribution >= 4 is 54.8 Å². The van der Waals surface area contributed by atoms with Gasteiger partial charge in [-0.3, -0.25) is 14.9 Å². The number of carbonyl (C=O) groups is 1. The Kier molecular flexibility index (Phi) is 4.59. The summed E-state index contributed by atoms with van der Waals surface area (Å²) >= 11 is 6.48. The fraction of sp³-hybridized carbons (Fsp3) is 0. The molecule has 0 spiro atoms. The number of nitrogens with two attached hydrogens (primary N) is 1. The van der Waals surface area contributed by atoms with Gasteiger partial charge < -0.3 is 11.1 Å². The van der Waals surface area contributed by atoms with Gasteiger partial charge in [-0.15, -0.1) is 0 Å². The number of carbonyl (C=O) groups excluding carboxylic acids is 1. The lowest BCUT2D eigenvalue weighted by molar-refractivity contribution is -0.384. The first-order chi connectivity index (χ1) is 9.88. The summed E-state index contributed by atoms with van der Waals surface area (Å²) in [5.41, 5.74) is 6.77. The molecule has 0 saturated heterocycles. The Morgan fingerprint density at radius 1 is 1.14 bits per heavy atom. The molecule has 6 nitrogen and oxygen atoms in total. The molecule has 0 unspecified atom stereocenters. The number of amides is 1. The lowest BCUT2D eigenvalue weighted by Crippen LogP contribution is -2.12. The van der Waals surface area contributed by atoms with E-state index in [-0.39, 0.29) is 5.69 Å². The predicted octanol–water partition coefficient (Wildman–Crippen LogP) is 3.95. The van der Waals surface area contributed by atoms with Gasteiger partial charge in [-0.25, -0.2) is 0 Å². The summed E-state index contributed by atoms with van der Waals surface area (Å²) in [7, 11) is 0. The number of nitro groups is 1. The van der Waals surface area contributed by atoms with Gasteiger partial charge in [0.25, 0.3) is 11.6 Å². The molecular weight excluding hydrogens is 406 g/mol. The monoisotopic (exact) mass is 413 g/mol. The van der Waals surface area contributed by atoms with E-state index in [1.165, 1.54) is 18.2 Å². The maximum Gasteiger partial charge on any atom is 0.271 e. The SMILES string of the molecule is Nc1ccc(C(=O)Nc2cc([N+](=O)[O-])ccc2Br)cc1Br. The highest BCUT2D eigenvalue weighted by atomic mass is 79.9. The Hall–Kier alpha value is -1.93. The number of nitro benzene ring substituents is 1. The van der Waals surface area contributed by atoms with Crippen LogP contribution in [0.2, 0.25) is 0 Å². The zero-order valence-corrected chi connectivity index (χ0v) is 13.6. The van der Waals surface area contributed by atoms with E-state index in [1.54, 1.807) is 18.2 Å². The van der Waals surface area contributed by atoms with Gasteiger partial charge in [-0.2, -0.15) is 0 Å². The molecule has 2 aromatic carbocycles. The van der Waals surface area contributed by atoms with Gasteiger partial charge in [-0.1, -0.05) is 0 Å². The van der Waals surface area contributed by atoms with Gasteiger partial charge >= 0.3 is 0 Å². The van der Waals surface area contributed by atoms with Gasteiger partial charge in [0.15, 0.2) is 0 Å². The minimum absolute atomic E-state index is 0.105. The van der Waals surface area contributed by atoms with Gasteiger partial charge in [0.1, 0.15) is 0 Å². The van der Waals surface area contributed by atoms with Crippen LogP contribution in [-0.4, -0.2) is 10.8 Å². The second-order valence-electron chi connectivity index (χ2n) is 4.11. The summed E-state index contributed by atoms with van der Waals surface area (Å²) in [5, 5.41) is 13.4. The maximum atomic E-state index is 12.1. The number of benzene rings is 2. The van der Waals surface area contributed by atoms with Crippen LogP contribution < -0.4 is 11.1 Å². The van der Waals surface area contributed by atoms with Gasteiger partial charge in [0.2, 0.25) is 0 Å². The van der Waals surface area contributed by atoms with Crippen LogP contribution in [0.4, 0.5) is 17.1 Å². The predicted molar refractivity (Wildman–Crippen MR) is 87.3 cm³/mol. The van der Waals surface area contributed by atoms with Crippen molar-refractivity contribution in [1.29, 1.82) is 0 Å². The van der Waals surface area contributed by atoms with Crippen molar-refractivity contribution < 1.29 is 9.72 Å². The van der Waals surface area contributed by atoms with Crippen molar-refractivity contribution in [2.45, 2.75) is 0 Å². The van der Waals surface area contributed by atoms with Crippen LogP contribution in [0.1, 0.15) is 10.4 Å². The molecule has 2 rings (SSSR count). The molecule has 0 heterocycles. The van der Waals surface area contributed by atoms with Crippen LogP contribution in [0.5, 0.6) is 0 Å². The lowest BCUT2D eigenvalue weighted by Gasteiger charge is -2.08. The third kappa shape index (κ3) is 3.59. The summed E-state index contributed by atoms with van der Waals surface area (Å²) in [6.07, 6.45) is 0. The second kappa shape index (κ2) is 6.23. The van der Waals surface area contributed by atoms with Crippen LogP contribution in [0, 0.1) is 10.1 Å². The van der Waals surface area contributed by atoms with E-state index in [9.17, 15) is 14.9 Å². The van der Waals surface area contributed by atoms with Gasteiger partial charge in [-0.05, 0) is 56.1 Å². The molecule has 0 radical (unpaired) electrons. The molecule has 0 aliphatic rings. The van der Waals surface area contributed by atoms with Gasteiger partial charge in [0.05, 0.1) is 10.6 Å². The minimum atomic E-state index is -0.526. The third-order valence-electron chi connectivity index (χ3n) is 2.67. The number of nitrogens with one attached hydrogen (secondary N) is 1. The Morgan fingerprint density at radius 3 is 2.48 bits per heavy atom. The topological polar surface area (TPSA) is 98.3 Å². The molecule has 0 bridgehead atoms. The summed E-state index contributed by atoms with van der Waals surface area (Å²) in [6.45, 7) is 0. The number of rotatable bonds is 3. The Morgan fingerprint density at radius 2 is 1.86 bits per heavy atom. The molecule has 2 aromatic rings. The molecule has 0 saturated carbocycles. The molecule has 0 aliphatic carbocycles. The Balaban J connectivity index is 2.28. The van der Waals surface area contributed by atoms with Crippen molar-refractivity contribution in [2.75, 3.05) is 11.1 Å². The molecule has 0 atom stereocenters. The lowest BCUT2D eigenvalue weighted by atomic mass is 10.2. The van der Waals surface area contributed by atoms with Crippen LogP contribution >= 0.6 is 31.9 Å². The first-order valence-electron chi connectivity index (χ1n) is 5.69. The van der Waals surface area contributed by atoms with Crippen molar-refractivity contribution in [3.05, 3.63) is 61.0 Å². The first-order valence-corrected chi connectivity index (χ1v) is 7.27. The van der Waals surface area contributed by atoms with E-state index in [2.05, 4.69) is 37.2 Å². The highest BCUT2D eigenvalue weighted by Gasteiger charge is 2.13. The van der Waals surface area contributed by atoms with Crippen molar-refractivity contribution in [3.63, 3.8) is 0 Å². The van der Waals surface area contributed by atoms with Crippen LogP contribution in [0.3, 0.4) is 0 Å². The average Bonchev–Trinajstić information content (AvgIpc) is 2.43. The van der Waals surface area contributed by atoms with E-state index in [0.717, 1.165) is 0 Å². The normalized spacial score (nSPS) is 10.2. The van der Waals surface area contributed by atoms with E-state index in [4.69, 9.17) is 5.73 Å². The number of nitrogen functional groups attached to an aromatic ring is 1. The highest BCUT2D eigenvalue weighted by Crippen LogP contribution is 2.28. The summed E-state index contributed by atoms with van der Waals surface area (Å²) in [6, 6.07) is 8.89. The van der Waals surface area contributed by atoms with Crippen LogP contribution in [0.25, 0.3) is 0 Å². The van der Waals surface area contributed by atoms with Crippen LogP contribution in [0.15, 0.2) is 45.3 Å². The standard InChI is InChI=1S/C13H9Br2N3O3/c14-9-3-2-8(18(20)21)6-12(9)17-13(19)7-1-4-11(16)10(15)5-7/h1-6H,16H2,(H,17,19). The van der Waals surface area contributed by atoms with Crippen molar-refractivity contribution in [3.8, 4) is 0 Å². The molecule has 21 heavy (non-hydrogen) atoms. The average molecular weight is 415 g/mol. The Bertz CT molecular complexity index is 735. The summed E-state index contributed by atoms with van der Waals surface area (Å²) < 4.78 is 1.16. The second-order valence-corrected chi connectivity index (χ2v) is 5.82. The van der Waals surface area contributed by atoms with Crippen molar-refractivity contribution in [1.82, 2.24) is 0 Å². The summed E-state index contributed by atoms with van der Waals surface area (Å²) in [5.74, 6) is -0.392. The molecule has 3 N–H and O–H groups in total. The van der Waals surface area contributed by atoms with E-state index in [1.807, 2.05) is 0 Å². The van der Waals surface area contributed by atoms with Crippen LogP contribution in [-0.2, 0) is 0 Å². The maximum absolute atomic E-state index is 12.1. The first kappa shape index (κ1) is 15.5. The number of anilines is 2. The zero-order chi connectivity index (χ0) is 15.6. The fourth-order valence-electron chi connectivity index (χ4n) is 1.59. The highest BCUT2D eigenvalue weighted by molar-refractivity contribution is 9.11. The van der Waals surface area contributed by atoms with E-state index >= 15 is 0 Å². The zero-order valence-electron chi connectivity index (χ0n) is 10.5. The molecule has 0 aliphatic heterocycles. The van der Waals surface area contributed by atoms with Crippen molar-refractivity contribution in [2.24, 2.45) is 0 Å². The molecular formula is C13H9Br2N3O3. The fourth-order valence-corrected chi connectivity index (χ4v) is 2.31. The number of nitrogens with zero attached hydrogens (tertiary/aromatic N) is 1. The number of hydrogen-bond acceptors (Lipinski definition) is 4. The largest absolute Gasteiger partial charge is 0.398 e. The van der Waals surface area contributed by atoms with E-state index in [0.29, 0.717) is 25.9 Å². The summed E-state index contributed by atoms with van der Waals surface area (Å²) in [4.78, 5) is 22.4. The number of hydrogen-bond donors (Lipinski definition) is 2. The van der Waals surface area contributed by atoms with E-state index < -0.39 is 10.8 Å². The third-order valence-corrected chi connectivity index (χ3v) is 4.05.